The van der Waals surface area contributed by atoms with E-state index in [9.17, 15) is 4.79 Å². The molecule has 3 heteroatoms. The summed E-state index contributed by atoms with van der Waals surface area (Å²) in [5, 5.41) is 7.60. The summed E-state index contributed by atoms with van der Waals surface area (Å²) in [6.07, 6.45) is 0.833. The molecule has 0 rings (SSSR count). The van der Waals surface area contributed by atoms with Crippen molar-refractivity contribution in [2.75, 3.05) is 0 Å². The molecule has 0 aliphatic carbocycles. The Kier molecular flexibility index (Phi) is 13.6. The van der Waals surface area contributed by atoms with E-state index in [-0.39, 0.29) is 0 Å². The number of rotatable bonds is 4. The molecular weight excluding hydrogens is 347 g/mol. The third kappa shape index (κ3) is 12.8. The van der Waals surface area contributed by atoms with E-state index in [4.69, 9.17) is 5.11 Å². The van der Waals surface area contributed by atoms with E-state index in [1.807, 2.05) is 0 Å². The Morgan fingerprint density at radius 2 is 1.58 bits per heavy atom. The Morgan fingerprint density at radius 1 is 1.33 bits per heavy atom. The van der Waals surface area contributed by atoms with E-state index in [0.717, 1.165) is 6.08 Å². The van der Waals surface area contributed by atoms with E-state index in [0.29, 0.717) is 0 Å². The maximum absolute atomic E-state index is 9.25. The van der Waals surface area contributed by atoms with Crippen LogP contribution in [0.25, 0.3) is 0 Å². The number of carbonyl (C=O) groups is 1. The average molecular weight is 366 g/mol. The third-order valence-corrected chi connectivity index (χ3v) is 13.3. The fraction of sp³-hybridized carbons (Fsp3) is 0.667. The zero-order valence-electron chi connectivity index (χ0n) is 8.26. The Hall–Kier alpha value is 0.132. The Labute approximate surface area is 83.8 Å². The molecular formula is C9H19O2Pb. The molecule has 1 radical (unpaired) electrons. The van der Waals surface area contributed by atoms with Crippen LogP contribution < -0.4 is 0 Å². The van der Waals surface area contributed by atoms with Gasteiger partial charge in [-0.3, -0.25) is 0 Å². The molecule has 0 amide bonds. The van der Waals surface area contributed by atoms with Gasteiger partial charge in [0.1, 0.15) is 0 Å². The first-order valence-corrected chi connectivity index (χ1v) is 12.6. The van der Waals surface area contributed by atoms with Crippen LogP contribution in [0.5, 0.6) is 0 Å². The summed E-state index contributed by atoms with van der Waals surface area (Å²) in [6.45, 7) is 10.0. The Balaban J connectivity index is 0. The fourth-order valence-corrected chi connectivity index (χ4v) is 6.58. The topological polar surface area (TPSA) is 37.3 Å². The van der Waals surface area contributed by atoms with E-state index < -0.39 is 28.7 Å². The van der Waals surface area contributed by atoms with Crippen molar-refractivity contribution in [2.45, 2.75) is 32.7 Å². The van der Waals surface area contributed by atoms with Crippen LogP contribution in [-0.2, 0) is 4.79 Å². The first-order valence-electron chi connectivity index (χ1n) is 4.31. The minimum absolute atomic E-state index is 0.789. The SMILES string of the molecule is C=CC(=O)O.C[CH2][Pb]([CH2]C)[CH2]C. The van der Waals surface area contributed by atoms with Crippen molar-refractivity contribution in [2.24, 2.45) is 0 Å². The zero-order valence-corrected chi connectivity index (χ0v) is 12.1. The molecule has 0 saturated heterocycles. The molecule has 0 atom stereocenters. The van der Waals surface area contributed by atoms with Gasteiger partial charge in [-0.25, -0.2) is 4.79 Å². The molecule has 1 N–H and O–H groups in total. The second-order valence-electron chi connectivity index (χ2n) is 2.35. The van der Waals surface area contributed by atoms with Crippen LogP contribution in [0.4, 0.5) is 0 Å². The predicted molar refractivity (Wildman–Crippen MR) is 55.0 cm³/mol. The van der Waals surface area contributed by atoms with Crippen molar-refractivity contribution in [3.63, 3.8) is 0 Å². The molecule has 71 valence electrons. The van der Waals surface area contributed by atoms with Crippen molar-refractivity contribution in [3.8, 4) is 0 Å². The molecule has 0 saturated carbocycles. The van der Waals surface area contributed by atoms with Gasteiger partial charge in [0.25, 0.3) is 0 Å². The summed E-state index contributed by atoms with van der Waals surface area (Å²) in [6, 6.07) is 0. The van der Waals surface area contributed by atoms with Gasteiger partial charge in [-0.2, -0.15) is 0 Å². The minimum atomic E-state index is -0.981. The summed E-state index contributed by atoms with van der Waals surface area (Å²) in [4.78, 5) is 9.25. The molecule has 0 aliphatic rings. The molecule has 12 heavy (non-hydrogen) atoms. The molecule has 2 nitrogen and oxygen atoms in total. The standard InChI is InChI=1S/C3H4O2.3C2H5.Pb/c1-2-3(4)5;3*1-2;/h2H,1H2,(H,4,5);3*1H2,2H3;. The molecule has 0 unspecified atom stereocenters. The van der Waals surface area contributed by atoms with Gasteiger partial charge in [0.15, 0.2) is 0 Å². The molecule has 0 spiro atoms. The van der Waals surface area contributed by atoms with Crippen molar-refractivity contribution in [1.29, 1.82) is 0 Å². The fourth-order valence-electron chi connectivity index (χ4n) is 0.750. The second kappa shape index (κ2) is 11.1. The van der Waals surface area contributed by atoms with Gasteiger partial charge >= 0.3 is 61.4 Å². The molecule has 0 aromatic carbocycles. The van der Waals surface area contributed by atoms with E-state index in [1.54, 1.807) is 11.9 Å². The van der Waals surface area contributed by atoms with Crippen LogP contribution in [0.2, 0.25) is 11.9 Å². The molecule has 0 aromatic heterocycles. The second-order valence-corrected chi connectivity index (χ2v) is 16.4. The molecule has 0 heterocycles. The van der Waals surface area contributed by atoms with Gasteiger partial charge in [0, 0.05) is 6.08 Å². The number of hydrogen-bond acceptors (Lipinski definition) is 1. The Bertz CT molecular complexity index is 114. The van der Waals surface area contributed by atoms with Crippen LogP contribution in [0, 0.1) is 0 Å². The van der Waals surface area contributed by atoms with Gasteiger partial charge in [-0.1, -0.05) is 6.58 Å². The first kappa shape index (κ1) is 14.6. The van der Waals surface area contributed by atoms with E-state index in [1.165, 1.54) is 0 Å². The number of carboxylic acid groups (broad SMARTS) is 1. The summed E-state index contributed by atoms with van der Waals surface area (Å²) >= 11 is -0.789. The van der Waals surface area contributed by atoms with Gasteiger partial charge in [-0.05, 0) is 0 Å². The van der Waals surface area contributed by atoms with Crippen molar-refractivity contribution in [1.82, 2.24) is 0 Å². The van der Waals surface area contributed by atoms with Gasteiger partial charge < -0.3 is 5.11 Å². The van der Waals surface area contributed by atoms with Crippen LogP contribution >= 0.6 is 0 Å². The van der Waals surface area contributed by atoms with E-state index >= 15 is 0 Å². The zero-order chi connectivity index (χ0) is 9.98. The van der Waals surface area contributed by atoms with Gasteiger partial charge in [0.2, 0.25) is 0 Å². The quantitative estimate of drug-likeness (QED) is 0.614. The predicted octanol–water partition coefficient (Wildman–Crippen LogP) is 2.80. The summed E-state index contributed by atoms with van der Waals surface area (Å²) < 4.78 is 4.70. The van der Waals surface area contributed by atoms with E-state index in [2.05, 4.69) is 27.4 Å². The van der Waals surface area contributed by atoms with Gasteiger partial charge in [-0.15, -0.1) is 0 Å². The van der Waals surface area contributed by atoms with Crippen molar-refractivity contribution < 1.29 is 9.90 Å². The molecule has 0 bridgehead atoms. The average Bonchev–Trinajstić information content (AvgIpc) is 2.09. The maximum atomic E-state index is 9.25. The van der Waals surface area contributed by atoms with Crippen LogP contribution in [0.1, 0.15) is 20.8 Å². The molecule has 0 aromatic rings. The normalized spacial score (nSPS) is 8.67. The number of aliphatic carboxylic acids is 1. The molecule has 0 aliphatic heterocycles. The van der Waals surface area contributed by atoms with Crippen LogP contribution in [0.15, 0.2) is 12.7 Å². The number of carboxylic acids is 1. The third-order valence-electron chi connectivity index (χ3n) is 1.67. The van der Waals surface area contributed by atoms with Gasteiger partial charge in [0.05, 0.1) is 0 Å². The Morgan fingerprint density at radius 3 is 1.58 bits per heavy atom. The monoisotopic (exact) mass is 367 g/mol. The van der Waals surface area contributed by atoms with Crippen LogP contribution in [-0.4, -0.2) is 33.8 Å². The summed E-state index contributed by atoms with van der Waals surface area (Å²) in [5.74, 6) is -0.981. The van der Waals surface area contributed by atoms with Crippen molar-refractivity contribution in [3.05, 3.63) is 12.7 Å². The van der Waals surface area contributed by atoms with Crippen LogP contribution in [0.3, 0.4) is 0 Å². The summed E-state index contributed by atoms with van der Waals surface area (Å²) in [5.41, 5.74) is 0. The summed E-state index contributed by atoms with van der Waals surface area (Å²) in [7, 11) is 0. The molecule has 0 fully saturated rings. The first-order chi connectivity index (χ1) is 5.62. The van der Waals surface area contributed by atoms with Crippen molar-refractivity contribution >= 4 is 28.7 Å². The number of hydrogen-bond donors (Lipinski definition) is 1.